The van der Waals surface area contributed by atoms with Gasteiger partial charge < -0.3 is 50.3 Å². The highest BCUT2D eigenvalue weighted by Crippen LogP contribution is 2.25. The van der Waals surface area contributed by atoms with Gasteiger partial charge in [0.1, 0.15) is 11.5 Å². The molecule has 16 heteroatoms. The number of likely N-dealkylation sites (tertiary alicyclic amines) is 1. The fourth-order valence-corrected chi connectivity index (χ4v) is 7.15. The number of carbonyl (C=O) groups excluding carboxylic acids is 3. The van der Waals surface area contributed by atoms with E-state index in [4.69, 9.17) is 32.5 Å². The smallest absolute Gasteiger partial charge is 0.274 e. The minimum Gasteiger partial charge on any atom is -0.484 e. The highest BCUT2D eigenvalue weighted by atomic mass is 35.5. The summed E-state index contributed by atoms with van der Waals surface area (Å²) in [4.78, 5) is 53.9. The molecule has 0 bridgehead atoms. The van der Waals surface area contributed by atoms with Crippen LogP contribution in [-0.4, -0.2) is 166 Å². The number of carbonyl (C=O) groups is 3. The summed E-state index contributed by atoms with van der Waals surface area (Å²) < 4.78 is 12.5. The average molecular weight is 824 g/mol. The summed E-state index contributed by atoms with van der Waals surface area (Å²) >= 11 is 6.08. The van der Waals surface area contributed by atoms with Crippen LogP contribution in [0.4, 0.5) is 11.6 Å². The third kappa shape index (κ3) is 14.9. The lowest BCUT2D eigenvalue weighted by atomic mass is 9.99. The molecule has 1 fully saturated rings. The molecule has 3 aromatic rings. The summed E-state index contributed by atoms with van der Waals surface area (Å²) in [5, 5.41) is 3.11. The number of likely N-dealkylation sites (N-methyl/N-ethyl adjacent to an activating group) is 4. The van der Waals surface area contributed by atoms with E-state index in [-0.39, 0.29) is 53.6 Å². The van der Waals surface area contributed by atoms with Crippen molar-refractivity contribution in [3.05, 3.63) is 70.5 Å². The zero-order valence-corrected chi connectivity index (χ0v) is 36.0. The normalized spacial score (nSPS) is 14.9. The number of nitrogens with one attached hydrogen (secondary N) is 1. The predicted molar refractivity (Wildman–Crippen MR) is 229 cm³/mol. The van der Waals surface area contributed by atoms with Gasteiger partial charge in [-0.2, -0.15) is 0 Å². The number of aromatic nitrogens is 2. The molecule has 58 heavy (non-hydrogen) atoms. The average Bonchev–Trinajstić information content (AvgIpc) is 3.19. The third-order valence-electron chi connectivity index (χ3n) is 10.6. The number of rotatable bonds is 22. The van der Waals surface area contributed by atoms with Crippen LogP contribution in [0.2, 0.25) is 5.15 Å². The van der Waals surface area contributed by atoms with Gasteiger partial charge >= 0.3 is 0 Å². The molecule has 1 aliphatic heterocycles. The van der Waals surface area contributed by atoms with Gasteiger partial charge in [-0.1, -0.05) is 35.9 Å². The zero-order valence-electron chi connectivity index (χ0n) is 35.2. The van der Waals surface area contributed by atoms with Gasteiger partial charge in [0.15, 0.2) is 35.7 Å². The van der Waals surface area contributed by atoms with Crippen LogP contribution in [0.3, 0.4) is 0 Å². The molecule has 0 radical (unpaired) electrons. The molecular formula is C42H64ClN10O5+. The summed E-state index contributed by atoms with van der Waals surface area (Å²) in [5.74, 6) is 0.737. The Morgan fingerprint density at radius 2 is 1.22 bits per heavy atom. The Bertz CT molecular complexity index is 1690. The van der Waals surface area contributed by atoms with Gasteiger partial charge in [0, 0.05) is 53.1 Å². The Balaban J connectivity index is 1.35. The number of benzene rings is 2. The summed E-state index contributed by atoms with van der Waals surface area (Å²) in [5.41, 5.74) is 14.1. The topological polar surface area (TPSA) is 172 Å². The van der Waals surface area contributed by atoms with Crippen molar-refractivity contribution in [2.75, 3.05) is 119 Å². The first-order valence-electron chi connectivity index (χ1n) is 20.1. The molecule has 2 heterocycles. The lowest BCUT2D eigenvalue weighted by molar-refractivity contribution is -0.933. The third-order valence-corrected chi connectivity index (χ3v) is 10.9. The molecule has 5 N–H and O–H groups in total. The Labute approximate surface area is 349 Å². The van der Waals surface area contributed by atoms with Crippen LogP contribution in [0.5, 0.6) is 11.5 Å². The Kier molecular flexibility index (Phi) is 17.8. The van der Waals surface area contributed by atoms with Crippen molar-refractivity contribution in [3.63, 3.8) is 0 Å². The number of ether oxygens (including phenoxy) is 2. The maximum Gasteiger partial charge on any atom is 0.274 e. The van der Waals surface area contributed by atoms with Crippen molar-refractivity contribution in [1.82, 2.24) is 34.9 Å². The monoisotopic (exact) mass is 823 g/mol. The van der Waals surface area contributed by atoms with Crippen LogP contribution >= 0.6 is 11.6 Å². The quantitative estimate of drug-likeness (QED) is 0.127. The number of piperidine rings is 1. The van der Waals surface area contributed by atoms with E-state index in [0.717, 1.165) is 82.3 Å². The van der Waals surface area contributed by atoms with Crippen molar-refractivity contribution in [2.24, 2.45) is 0 Å². The molecule has 1 aromatic heterocycles. The van der Waals surface area contributed by atoms with E-state index in [2.05, 4.69) is 39.6 Å². The van der Waals surface area contributed by atoms with E-state index in [0.29, 0.717) is 24.6 Å². The van der Waals surface area contributed by atoms with Crippen LogP contribution in [0.15, 0.2) is 48.5 Å². The Morgan fingerprint density at radius 3 is 1.69 bits per heavy atom. The maximum absolute atomic E-state index is 13.3. The molecule has 2 aromatic carbocycles. The standard InChI is InChI=1S/C42H63ClN10O5/c1-49(2)21-23-51(5)36(54)29-57-34-17-13-31(14-18-34)10-7-25-53(27-9-12-33(28-53)46-42(56)38-40(44)48-41(45)39(43)47-38)26-8-11-32-15-19-35(20-16-32)58-30-37(55)52(6)24-22-50(3)4/h13-20,33H,7-12,21-30H2,1-6H3,(H4-,44,45,46,48,56)/p+1. The van der Waals surface area contributed by atoms with E-state index >= 15 is 0 Å². The van der Waals surface area contributed by atoms with E-state index in [1.165, 1.54) is 11.1 Å². The van der Waals surface area contributed by atoms with Gasteiger partial charge in [-0.15, -0.1) is 0 Å². The van der Waals surface area contributed by atoms with Crippen molar-refractivity contribution in [2.45, 2.75) is 44.6 Å². The molecule has 0 aliphatic carbocycles. The number of nitrogens with zero attached hydrogens (tertiary/aromatic N) is 7. The number of anilines is 2. The molecule has 1 saturated heterocycles. The molecular weight excluding hydrogens is 760 g/mol. The fraction of sp³-hybridized carbons (Fsp3) is 0.548. The minimum absolute atomic E-state index is 0.000224. The SMILES string of the molecule is CN(C)CCN(C)C(=O)COc1ccc(CCC[N+]2(CCCc3ccc(OCC(=O)N(C)CCN(C)C)cc3)CCCC(NC(=O)c3nc(Cl)c(N)nc3N)C2)cc1. The second-order valence-electron chi connectivity index (χ2n) is 16.0. The largest absolute Gasteiger partial charge is 0.484 e. The van der Waals surface area contributed by atoms with Crippen molar-refractivity contribution < 1.29 is 28.3 Å². The minimum atomic E-state index is -0.412. The van der Waals surface area contributed by atoms with Gasteiger partial charge in [0.05, 0.1) is 32.2 Å². The number of nitrogen functional groups attached to an aromatic ring is 2. The van der Waals surface area contributed by atoms with Gasteiger partial charge in [-0.25, -0.2) is 9.97 Å². The summed E-state index contributed by atoms with van der Waals surface area (Å²) in [7, 11) is 11.5. The predicted octanol–water partition coefficient (Wildman–Crippen LogP) is 3.07. The highest BCUT2D eigenvalue weighted by molar-refractivity contribution is 6.31. The van der Waals surface area contributed by atoms with Crippen LogP contribution in [0.25, 0.3) is 0 Å². The van der Waals surface area contributed by atoms with E-state index in [1.54, 1.807) is 23.9 Å². The van der Waals surface area contributed by atoms with Crippen molar-refractivity contribution in [1.29, 1.82) is 0 Å². The number of hydrogen-bond donors (Lipinski definition) is 3. The fourth-order valence-electron chi connectivity index (χ4n) is 7.02. The number of hydrogen-bond acceptors (Lipinski definition) is 11. The highest BCUT2D eigenvalue weighted by Gasteiger charge is 2.35. The molecule has 1 aliphatic rings. The van der Waals surface area contributed by atoms with Crippen molar-refractivity contribution >= 4 is 41.0 Å². The van der Waals surface area contributed by atoms with Crippen molar-refractivity contribution in [3.8, 4) is 11.5 Å². The number of nitrogens with two attached hydrogens (primary N) is 2. The van der Waals surface area contributed by atoms with Crippen LogP contribution < -0.4 is 26.3 Å². The van der Waals surface area contributed by atoms with Gasteiger partial charge in [-0.3, -0.25) is 14.4 Å². The Hall–Kier alpha value is -4.70. The van der Waals surface area contributed by atoms with E-state index in [1.807, 2.05) is 62.3 Å². The molecule has 15 nitrogen and oxygen atoms in total. The van der Waals surface area contributed by atoms with E-state index < -0.39 is 5.91 Å². The molecule has 3 amide bonds. The first-order valence-corrected chi connectivity index (χ1v) is 20.5. The number of aryl methyl sites for hydroxylation is 2. The Morgan fingerprint density at radius 1 is 0.741 bits per heavy atom. The van der Waals surface area contributed by atoms with Crippen LogP contribution in [-0.2, 0) is 22.4 Å². The molecule has 1 unspecified atom stereocenters. The number of amides is 3. The van der Waals surface area contributed by atoms with Gasteiger partial charge in [0.25, 0.3) is 17.7 Å². The maximum atomic E-state index is 13.3. The second-order valence-corrected chi connectivity index (χ2v) is 16.3. The number of halogens is 1. The van der Waals surface area contributed by atoms with E-state index in [9.17, 15) is 14.4 Å². The second kappa shape index (κ2) is 22.4. The molecule has 0 spiro atoms. The summed E-state index contributed by atoms with van der Waals surface area (Å²) in [6.45, 7) is 6.54. The first-order chi connectivity index (χ1) is 27.6. The lowest BCUT2D eigenvalue weighted by Crippen LogP contribution is -2.60. The summed E-state index contributed by atoms with van der Waals surface area (Å²) in [6, 6.07) is 15.9. The molecule has 4 rings (SSSR count). The zero-order chi connectivity index (χ0) is 42.2. The molecule has 0 saturated carbocycles. The lowest BCUT2D eigenvalue weighted by Gasteiger charge is -2.45. The number of quaternary nitrogens is 1. The van der Waals surface area contributed by atoms with Gasteiger partial charge in [0.2, 0.25) is 0 Å². The van der Waals surface area contributed by atoms with Gasteiger partial charge in [-0.05, 0) is 89.3 Å². The molecule has 318 valence electrons. The summed E-state index contributed by atoms with van der Waals surface area (Å²) in [6.07, 6.45) is 5.48. The first kappa shape index (κ1) is 46.0. The van der Waals surface area contributed by atoms with Crippen LogP contribution in [0, 0.1) is 0 Å². The molecule has 1 atom stereocenters. The van der Waals surface area contributed by atoms with Crippen LogP contribution in [0.1, 0.15) is 47.3 Å².